The molecule has 0 radical (unpaired) electrons. The summed E-state index contributed by atoms with van der Waals surface area (Å²) in [5.41, 5.74) is -0.653. The molecule has 0 bridgehead atoms. The standard InChI is InChI=1S/C9H10Cl2N2O4S/c1-13(2)18(16,17)12-8-6(11)4-3-5(10)7(8)9(14)15/h3-4,12H,1-2H3,(H,14,15). The summed E-state index contributed by atoms with van der Waals surface area (Å²) in [4.78, 5) is 11.1. The fourth-order valence-electron chi connectivity index (χ4n) is 1.08. The fraction of sp³-hybridized carbons (Fsp3) is 0.222. The van der Waals surface area contributed by atoms with Gasteiger partial charge in [-0.2, -0.15) is 12.7 Å². The van der Waals surface area contributed by atoms with Gasteiger partial charge in [-0.05, 0) is 12.1 Å². The molecule has 9 heteroatoms. The third kappa shape index (κ3) is 3.05. The highest BCUT2D eigenvalue weighted by molar-refractivity contribution is 7.90. The van der Waals surface area contributed by atoms with E-state index in [1.54, 1.807) is 0 Å². The molecule has 0 heterocycles. The van der Waals surface area contributed by atoms with Crippen LogP contribution in [0.4, 0.5) is 5.69 Å². The van der Waals surface area contributed by atoms with Crippen molar-refractivity contribution in [2.45, 2.75) is 0 Å². The molecule has 0 spiro atoms. The highest BCUT2D eigenvalue weighted by Gasteiger charge is 2.23. The molecule has 0 aliphatic heterocycles. The predicted molar refractivity (Wildman–Crippen MR) is 69.7 cm³/mol. The van der Waals surface area contributed by atoms with Crippen LogP contribution in [0.1, 0.15) is 10.4 Å². The second-order valence-corrected chi connectivity index (χ2v) is 6.17. The van der Waals surface area contributed by atoms with Crippen molar-refractivity contribution < 1.29 is 18.3 Å². The Bertz CT molecular complexity index is 586. The molecule has 0 saturated heterocycles. The van der Waals surface area contributed by atoms with Crippen molar-refractivity contribution in [1.82, 2.24) is 4.31 Å². The summed E-state index contributed by atoms with van der Waals surface area (Å²) < 4.78 is 26.3. The summed E-state index contributed by atoms with van der Waals surface area (Å²) in [7, 11) is -1.28. The van der Waals surface area contributed by atoms with Crippen molar-refractivity contribution in [3.05, 3.63) is 27.7 Å². The number of halogens is 2. The van der Waals surface area contributed by atoms with Crippen molar-refractivity contribution >= 4 is 45.1 Å². The number of aromatic carboxylic acids is 1. The van der Waals surface area contributed by atoms with Crippen LogP contribution in [-0.4, -0.2) is 37.9 Å². The minimum atomic E-state index is -3.87. The number of rotatable bonds is 4. The van der Waals surface area contributed by atoms with Crippen LogP contribution in [0.25, 0.3) is 0 Å². The van der Waals surface area contributed by atoms with E-state index in [0.29, 0.717) is 0 Å². The van der Waals surface area contributed by atoms with Crippen LogP contribution in [0.3, 0.4) is 0 Å². The molecule has 1 rings (SSSR count). The van der Waals surface area contributed by atoms with Gasteiger partial charge >= 0.3 is 16.2 Å². The molecule has 1 aromatic rings. The second kappa shape index (κ2) is 5.31. The lowest BCUT2D eigenvalue weighted by Gasteiger charge is -2.16. The van der Waals surface area contributed by atoms with Crippen LogP contribution >= 0.6 is 23.2 Å². The first kappa shape index (κ1) is 15.0. The van der Waals surface area contributed by atoms with Crippen LogP contribution in [0.5, 0.6) is 0 Å². The van der Waals surface area contributed by atoms with E-state index in [9.17, 15) is 13.2 Å². The second-order valence-electron chi connectivity index (χ2n) is 3.47. The van der Waals surface area contributed by atoms with Gasteiger partial charge in [0.25, 0.3) is 0 Å². The van der Waals surface area contributed by atoms with Gasteiger partial charge in [0, 0.05) is 14.1 Å². The molecule has 0 aliphatic carbocycles. The van der Waals surface area contributed by atoms with E-state index >= 15 is 0 Å². The van der Waals surface area contributed by atoms with Gasteiger partial charge in [0.2, 0.25) is 0 Å². The molecule has 0 aliphatic rings. The number of nitrogens with zero attached hydrogens (tertiary/aromatic N) is 1. The average molecular weight is 313 g/mol. The summed E-state index contributed by atoms with van der Waals surface area (Å²) in [6, 6.07) is 2.59. The molecule has 0 unspecified atom stereocenters. The van der Waals surface area contributed by atoms with Crippen molar-refractivity contribution in [3.8, 4) is 0 Å². The maximum absolute atomic E-state index is 11.7. The van der Waals surface area contributed by atoms with Gasteiger partial charge in [-0.1, -0.05) is 23.2 Å². The molecule has 100 valence electrons. The molecule has 2 N–H and O–H groups in total. The summed E-state index contributed by atoms with van der Waals surface area (Å²) >= 11 is 11.5. The van der Waals surface area contributed by atoms with Crippen LogP contribution < -0.4 is 4.72 Å². The Morgan fingerprint density at radius 1 is 1.28 bits per heavy atom. The molecular formula is C9H10Cl2N2O4S. The van der Waals surface area contributed by atoms with E-state index in [0.717, 1.165) is 4.31 Å². The minimum Gasteiger partial charge on any atom is -0.478 e. The lowest BCUT2D eigenvalue weighted by atomic mass is 10.2. The lowest BCUT2D eigenvalue weighted by Crippen LogP contribution is -2.29. The van der Waals surface area contributed by atoms with Crippen molar-refractivity contribution in [2.75, 3.05) is 18.8 Å². The quantitative estimate of drug-likeness (QED) is 0.889. The Hall–Kier alpha value is -1.02. The van der Waals surface area contributed by atoms with Crippen molar-refractivity contribution in [2.24, 2.45) is 0 Å². The number of nitrogens with one attached hydrogen (secondary N) is 1. The summed E-state index contributed by atoms with van der Waals surface area (Å²) in [6.07, 6.45) is 0. The largest absolute Gasteiger partial charge is 0.478 e. The van der Waals surface area contributed by atoms with Gasteiger partial charge in [-0.3, -0.25) is 4.72 Å². The Morgan fingerprint density at radius 3 is 2.22 bits per heavy atom. The number of hydrogen-bond acceptors (Lipinski definition) is 3. The Labute approximate surface area is 114 Å². The first-order valence-corrected chi connectivity index (χ1v) is 6.78. The average Bonchev–Trinajstić information content (AvgIpc) is 2.22. The monoisotopic (exact) mass is 312 g/mol. The molecule has 0 aromatic heterocycles. The normalized spacial score (nSPS) is 11.6. The Kier molecular flexibility index (Phi) is 4.44. The van der Waals surface area contributed by atoms with Gasteiger partial charge in [-0.15, -0.1) is 0 Å². The van der Waals surface area contributed by atoms with E-state index in [4.69, 9.17) is 28.3 Å². The molecular weight excluding hydrogens is 303 g/mol. The Morgan fingerprint density at radius 2 is 1.78 bits per heavy atom. The molecule has 18 heavy (non-hydrogen) atoms. The van der Waals surface area contributed by atoms with E-state index < -0.39 is 21.7 Å². The van der Waals surface area contributed by atoms with Gasteiger partial charge in [0.15, 0.2) is 0 Å². The minimum absolute atomic E-state index is 0.0535. The number of carbonyl (C=O) groups is 1. The zero-order valence-electron chi connectivity index (χ0n) is 9.44. The van der Waals surface area contributed by atoms with Gasteiger partial charge in [0.1, 0.15) is 5.56 Å². The summed E-state index contributed by atoms with van der Waals surface area (Å²) in [5.74, 6) is -1.38. The summed E-state index contributed by atoms with van der Waals surface area (Å²) in [5, 5.41) is 8.85. The Balaban J connectivity index is 3.41. The zero-order valence-corrected chi connectivity index (χ0v) is 11.8. The number of carboxylic acid groups (broad SMARTS) is 1. The van der Waals surface area contributed by atoms with Crippen molar-refractivity contribution in [1.29, 1.82) is 0 Å². The third-order valence-corrected chi connectivity index (χ3v) is 4.08. The van der Waals surface area contributed by atoms with Crippen LogP contribution in [0.15, 0.2) is 12.1 Å². The van der Waals surface area contributed by atoms with E-state index in [1.807, 2.05) is 0 Å². The number of benzene rings is 1. The summed E-state index contributed by atoms with van der Waals surface area (Å²) in [6.45, 7) is 0. The third-order valence-electron chi connectivity index (χ3n) is 2.03. The molecule has 6 nitrogen and oxygen atoms in total. The molecule has 1 aromatic carbocycles. The molecule has 0 saturated carbocycles. The molecule has 0 amide bonds. The van der Waals surface area contributed by atoms with Gasteiger partial charge in [-0.25, -0.2) is 4.79 Å². The van der Waals surface area contributed by atoms with Crippen LogP contribution in [0.2, 0.25) is 10.0 Å². The SMILES string of the molecule is CN(C)S(=O)(=O)Nc1c(Cl)ccc(Cl)c1C(=O)O. The highest BCUT2D eigenvalue weighted by Crippen LogP contribution is 2.32. The van der Waals surface area contributed by atoms with Gasteiger partial charge in [0.05, 0.1) is 15.7 Å². The predicted octanol–water partition coefficient (Wildman–Crippen LogP) is 1.91. The number of carboxylic acids is 1. The van der Waals surface area contributed by atoms with Crippen LogP contribution in [-0.2, 0) is 10.2 Å². The number of hydrogen-bond donors (Lipinski definition) is 2. The lowest BCUT2D eigenvalue weighted by molar-refractivity contribution is 0.0698. The maximum Gasteiger partial charge on any atom is 0.339 e. The van der Waals surface area contributed by atoms with Crippen LogP contribution in [0, 0.1) is 0 Å². The first-order valence-electron chi connectivity index (χ1n) is 4.58. The molecule has 0 atom stereocenters. The smallest absolute Gasteiger partial charge is 0.339 e. The molecule has 0 fully saturated rings. The topological polar surface area (TPSA) is 86.7 Å². The zero-order chi connectivity index (χ0) is 14.1. The highest BCUT2D eigenvalue weighted by atomic mass is 35.5. The number of anilines is 1. The van der Waals surface area contributed by atoms with Crippen molar-refractivity contribution in [3.63, 3.8) is 0 Å². The maximum atomic E-state index is 11.7. The van der Waals surface area contributed by atoms with E-state index in [2.05, 4.69) is 4.72 Å². The fourth-order valence-corrected chi connectivity index (χ4v) is 2.23. The first-order chi connectivity index (χ1) is 8.16. The van der Waals surface area contributed by atoms with Gasteiger partial charge < -0.3 is 5.11 Å². The van der Waals surface area contributed by atoms with E-state index in [-0.39, 0.29) is 15.7 Å². The van der Waals surface area contributed by atoms with E-state index in [1.165, 1.54) is 26.2 Å².